The molecule has 32 heavy (non-hydrogen) atoms. The Morgan fingerprint density at radius 3 is 2.31 bits per heavy atom. The van der Waals surface area contributed by atoms with Gasteiger partial charge in [-0.1, -0.05) is 24.3 Å². The van der Waals surface area contributed by atoms with Crippen molar-refractivity contribution in [3.05, 3.63) is 71.9 Å². The number of benzene rings is 2. The number of hydrogen-bond donors (Lipinski definition) is 4. The molecule has 1 aliphatic rings. The summed E-state index contributed by atoms with van der Waals surface area (Å²) in [6.45, 7) is 2.42. The molecule has 1 atom stereocenters. The third-order valence-corrected chi connectivity index (χ3v) is 5.21. The highest BCUT2D eigenvalue weighted by Gasteiger charge is 2.18. The molecule has 0 spiro atoms. The fraction of sp³-hybridized carbons (Fsp3) is 0.217. The topological polar surface area (TPSA) is 152 Å². The zero-order chi connectivity index (χ0) is 23.1. The van der Waals surface area contributed by atoms with E-state index in [1.54, 1.807) is 6.07 Å². The van der Waals surface area contributed by atoms with Gasteiger partial charge >= 0.3 is 11.9 Å². The Morgan fingerprint density at radius 2 is 1.75 bits per heavy atom. The highest BCUT2D eigenvalue weighted by atomic mass is 16.4. The second-order valence-corrected chi connectivity index (χ2v) is 7.43. The van der Waals surface area contributed by atoms with E-state index in [2.05, 4.69) is 34.7 Å². The van der Waals surface area contributed by atoms with E-state index < -0.39 is 17.8 Å². The standard InChI is InChI=1S/C19H20N4O.C4H4O4/c20-19(24)17-5-1-3-15-12-23(22-18(15)17)16-8-6-13(7-9-16)14-4-2-10-21-11-14;5-3(6)1-2-4(7)8/h1,3,5-9,12,14,21H,2,4,10-11H2,(H2,20,24);1-2H,(H,5,6)(H,7,8)/p+1/b;2-1+/t14-;/m1./s1. The van der Waals surface area contributed by atoms with Gasteiger partial charge in [-0.25, -0.2) is 14.3 Å². The molecule has 0 radical (unpaired) electrons. The van der Waals surface area contributed by atoms with Gasteiger partial charge in [0, 0.05) is 29.7 Å². The van der Waals surface area contributed by atoms with E-state index in [1.807, 2.05) is 23.0 Å². The van der Waals surface area contributed by atoms with Crippen molar-refractivity contribution >= 4 is 28.7 Å². The van der Waals surface area contributed by atoms with Crippen molar-refractivity contribution in [1.29, 1.82) is 0 Å². The molecule has 1 fully saturated rings. The normalized spacial score (nSPS) is 15.8. The minimum absolute atomic E-state index is 0.449. The van der Waals surface area contributed by atoms with Gasteiger partial charge < -0.3 is 21.3 Å². The zero-order valence-electron chi connectivity index (χ0n) is 17.3. The minimum Gasteiger partial charge on any atom is -0.478 e. The predicted octanol–water partition coefficient (Wildman–Crippen LogP) is 1.28. The van der Waals surface area contributed by atoms with E-state index in [1.165, 1.54) is 31.5 Å². The molecule has 0 unspecified atom stereocenters. The number of rotatable bonds is 5. The largest absolute Gasteiger partial charge is 0.478 e. The Morgan fingerprint density at radius 1 is 1.06 bits per heavy atom. The summed E-state index contributed by atoms with van der Waals surface area (Å²) in [5, 5.41) is 23.5. The smallest absolute Gasteiger partial charge is 0.328 e. The third kappa shape index (κ3) is 5.79. The molecule has 1 aromatic heterocycles. The summed E-state index contributed by atoms with van der Waals surface area (Å²) in [5.74, 6) is -2.32. The van der Waals surface area contributed by atoms with Crippen molar-refractivity contribution in [2.75, 3.05) is 13.1 Å². The number of primary amides is 1. The van der Waals surface area contributed by atoms with Crippen molar-refractivity contribution in [3.8, 4) is 5.69 Å². The molecule has 9 nitrogen and oxygen atoms in total. The lowest BCUT2D eigenvalue weighted by molar-refractivity contribution is -0.664. The molecule has 166 valence electrons. The van der Waals surface area contributed by atoms with Gasteiger partial charge in [-0.05, 0) is 36.6 Å². The first-order valence-corrected chi connectivity index (χ1v) is 10.2. The van der Waals surface area contributed by atoms with Gasteiger partial charge in [-0.3, -0.25) is 4.79 Å². The number of quaternary nitrogens is 1. The molecule has 1 aliphatic heterocycles. The molecular weight excluding hydrogens is 412 g/mol. The summed E-state index contributed by atoms with van der Waals surface area (Å²) >= 11 is 0. The van der Waals surface area contributed by atoms with E-state index in [-0.39, 0.29) is 0 Å². The lowest BCUT2D eigenvalue weighted by Gasteiger charge is -2.20. The molecule has 6 N–H and O–H groups in total. The van der Waals surface area contributed by atoms with E-state index in [0.717, 1.165) is 11.1 Å². The van der Waals surface area contributed by atoms with Crippen LogP contribution in [0.3, 0.4) is 0 Å². The average molecular weight is 437 g/mol. The summed E-state index contributed by atoms with van der Waals surface area (Å²) in [6, 6.07) is 14.1. The molecule has 4 rings (SSSR count). The van der Waals surface area contributed by atoms with Gasteiger partial charge in [-0.15, -0.1) is 0 Å². The fourth-order valence-electron chi connectivity index (χ4n) is 3.67. The van der Waals surface area contributed by atoms with Crippen LogP contribution >= 0.6 is 0 Å². The van der Waals surface area contributed by atoms with Crippen LogP contribution in [-0.4, -0.2) is 50.9 Å². The fourth-order valence-corrected chi connectivity index (χ4v) is 3.67. The van der Waals surface area contributed by atoms with Crippen LogP contribution in [0.15, 0.2) is 60.8 Å². The number of fused-ring (bicyclic) bond motifs is 1. The van der Waals surface area contributed by atoms with Gasteiger partial charge in [0.1, 0.15) is 5.52 Å². The third-order valence-electron chi connectivity index (χ3n) is 5.21. The molecule has 0 saturated carbocycles. The number of nitrogens with two attached hydrogens (primary N) is 2. The van der Waals surface area contributed by atoms with Gasteiger partial charge in [0.05, 0.1) is 24.3 Å². The molecule has 2 aromatic carbocycles. The monoisotopic (exact) mass is 437 g/mol. The first kappa shape index (κ1) is 22.7. The van der Waals surface area contributed by atoms with Gasteiger partial charge in [-0.2, -0.15) is 5.10 Å². The molecule has 1 amide bonds. The highest BCUT2D eigenvalue weighted by molar-refractivity contribution is 6.04. The molecule has 0 bridgehead atoms. The van der Waals surface area contributed by atoms with Crippen LogP contribution in [0.4, 0.5) is 0 Å². The van der Waals surface area contributed by atoms with E-state index >= 15 is 0 Å². The van der Waals surface area contributed by atoms with Gasteiger partial charge in [0.2, 0.25) is 0 Å². The molecule has 9 heteroatoms. The second-order valence-electron chi connectivity index (χ2n) is 7.43. The maximum atomic E-state index is 11.6. The number of carbonyl (C=O) groups excluding carboxylic acids is 1. The Labute approximate surface area is 184 Å². The predicted molar refractivity (Wildman–Crippen MR) is 118 cm³/mol. The minimum atomic E-state index is -1.26. The Kier molecular flexibility index (Phi) is 7.35. The first-order valence-electron chi connectivity index (χ1n) is 10.2. The molecule has 2 heterocycles. The van der Waals surface area contributed by atoms with Gasteiger partial charge in [0.25, 0.3) is 5.91 Å². The second kappa shape index (κ2) is 10.4. The Balaban J connectivity index is 0.000000312. The number of amides is 1. The summed E-state index contributed by atoms with van der Waals surface area (Å²) in [4.78, 5) is 30.7. The van der Waals surface area contributed by atoms with Crippen LogP contribution in [0.2, 0.25) is 0 Å². The van der Waals surface area contributed by atoms with E-state index in [0.29, 0.717) is 29.2 Å². The zero-order valence-corrected chi connectivity index (χ0v) is 17.3. The molecule has 1 saturated heterocycles. The van der Waals surface area contributed by atoms with Crippen molar-refractivity contribution in [3.63, 3.8) is 0 Å². The Hall–Kier alpha value is -3.98. The maximum absolute atomic E-state index is 11.6. The van der Waals surface area contributed by atoms with Crippen LogP contribution in [0.25, 0.3) is 16.6 Å². The maximum Gasteiger partial charge on any atom is 0.328 e. The first-order chi connectivity index (χ1) is 15.3. The number of aliphatic carboxylic acids is 2. The van der Waals surface area contributed by atoms with Crippen LogP contribution in [0, 0.1) is 0 Å². The summed E-state index contributed by atoms with van der Waals surface area (Å²) < 4.78 is 1.81. The molecule has 0 aliphatic carbocycles. The quantitative estimate of drug-likeness (QED) is 0.441. The summed E-state index contributed by atoms with van der Waals surface area (Å²) in [7, 11) is 0. The van der Waals surface area contributed by atoms with E-state index in [4.69, 9.17) is 15.9 Å². The molecular formula is C23H25N4O5+. The van der Waals surface area contributed by atoms with Crippen molar-refractivity contribution in [2.45, 2.75) is 18.8 Å². The average Bonchev–Trinajstić information content (AvgIpc) is 3.23. The van der Waals surface area contributed by atoms with Gasteiger partial charge in [0.15, 0.2) is 0 Å². The molecule has 3 aromatic rings. The van der Waals surface area contributed by atoms with Crippen LogP contribution in [0.1, 0.15) is 34.7 Å². The Bertz CT molecular complexity index is 1130. The SMILES string of the molecule is NC(=O)c1cccc2cn(-c3ccc([C@@H]4CCC[NH2+]C4)cc3)nc12.O=C(O)/C=C/C(=O)O. The lowest BCUT2D eigenvalue weighted by Crippen LogP contribution is -2.86. The van der Waals surface area contributed by atoms with Crippen molar-refractivity contribution in [1.82, 2.24) is 9.78 Å². The van der Waals surface area contributed by atoms with Crippen LogP contribution < -0.4 is 11.1 Å². The van der Waals surface area contributed by atoms with E-state index in [9.17, 15) is 14.4 Å². The number of carboxylic acid groups (broad SMARTS) is 2. The number of carbonyl (C=O) groups is 3. The van der Waals surface area contributed by atoms with Crippen molar-refractivity contribution in [2.24, 2.45) is 5.73 Å². The van der Waals surface area contributed by atoms with Crippen LogP contribution in [-0.2, 0) is 9.59 Å². The lowest BCUT2D eigenvalue weighted by atomic mass is 9.92. The van der Waals surface area contributed by atoms with Crippen molar-refractivity contribution < 1.29 is 29.9 Å². The summed E-state index contributed by atoms with van der Waals surface area (Å²) in [5.41, 5.74) is 8.93. The highest BCUT2D eigenvalue weighted by Crippen LogP contribution is 2.24. The number of aromatic nitrogens is 2. The number of piperidine rings is 1. The summed E-state index contributed by atoms with van der Waals surface area (Å²) in [6.07, 6.45) is 5.60. The van der Waals surface area contributed by atoms with Crippen LogP contribution in [0.5, 0.6) is 0 Å². The number of nitrogens with zero attached hydrogens (tertiary/aromatic N) is 2. The number of carboxylic acids is 2. The number of hydrogen-bond acceptors (Lipinski definition) is 4.